The molecule has 2 saturated carbocycles. The molecule has 2 spiro atoms. The van der Waals surface area contributed by atoms with Crippen LogP contribution in [0.5, 0.6) is 0 Å². The Hall–Kier alpha value is -5.12. The van der Waals surface area contributed by atoms with Crippen LogP contribution in [0.25, 0.3) is 0 Å². The molecule has 0 aromatic heterocycles. The van der Waals surface area contributed by atoms with Crippen molar-refractivity contribution in [1.29, 1.82) is 10.5 Å². The van der Waals surface area contributed by atoms with E-state index in [-0.39, 0.29) is 63.0 Å². The van der Waals surface area contributed by atoms with Crippen LogP contribution in [0.15, 0.2) is 36.4 Å². The molecule has 6 amide bonds. The molecule has 2 aliphatic carbocycles. The summed E-state index contributed by atoms with van der Waals surface area (Å²) >= 11 is 0. The van der Waals surface area contributed by atoms with Gasteiger partial charge >= 0.3 is 24.4 Å². The molecular weight excluding hydrogens is 634 g/mol. The summed E-state index contributed by atoms with van der Waals surface area (Å²) in [5.74, 6) is -1.09. The number of amides is 6. The Morgan fingerprint density at radius 2 is 0.979 bits per heavy atom. The first kappa shape index (κ1) is 31.8. The van der Waals surface area contributed by atoms with Gasteiger partial charge < -0.3 is 0 Å². The standard InChI is InChI=1S/C31H24F6N6O4/c32-30(33,34)22-14-20(6-4-18(22)16-38)42-26(46)40(24(44)28(42)8-9-28)12-2-1-3-13-41-25(45)29(10-11-29)43(27(41)47)21-7-5-19(17-39)23(15-21)31(35,36)37/h4-7,14-15H,1-3,8-13H2. The number of hydrogen-bond acceptors (Lipinski definition) is 6. The lowest BCUT2D eigenvalue weighted by molar-refractivity contribution is -0.138. The van der Waals surface area contributed by atoms with Crippen molar-refractivity contribution in [3.8, 4) is 12.1 Å². The fourth-order valence-electron chi connectivity index (χ4n) is 6.42. The smallest absolute Gasteiger partial charge is 0.279 e. The third kappa shape index (κ3) is 5.03. The van der Waals surface area contributed by atoms with Crippen LogP contribution in [-0.4, -0.2) is 57.8 Å². The molecule has 10 nitrogen and oxygen atoms in total. The van der Waals surface area contributed by atoms with E-state index >= 15 is 0 Å². The lowest BCUT2D eigenvalue weighted by Crippen LogP contribution is -2.37. The molecule has 0 bridgehead atoms. The number of alkyl halides is 6. The van der Waals surface area contributed by atoms with Crippen LogP contribution in [-0.2, 0) is 21.9 Å². The minimum Gasteiger partial charge on any atom is -0.279 e. The highest BCUT2D eigenvalue weighted by Gasteiger charge is 2.66. The molecule has 0 unspecified atom stereocenters. The van der Waals surface area contributed by atoms with Crippen molar-refractivity contribution in [3.63, 3.8) is 0 Å². The maximum absolute atomic E-state index is 13.6. The lowest BCUT2D eigenvalue weighted by atomic mass is 10.1. The summed E-state index contributed by atoms with van der Waals surface area (Å²) < 4.78 is 81.4. The predicted octanol–water partition coefficient (Wildman–Crippen LogP) is 5.94. The summed E-state index contributed by atoms with van der Waals surface area (Å²) in [6.45, 7) is -0.135. The van der Waals surface area contributed by atoms with Gasteiger partial charge in [-0.1, -0.05) is 0 Å². The fraction of sp³-hybridized carbons (Fsp3) is 0.419. The van der Waals surface area contributed by atoms with Crippen LogP contribution < -0.4 is 9.80 Å². The molecule has 0 radical (unpaired) electrons. The molecule has 6 rings (SSSR count). The van der Waals surface area contributed by atoms with Gasteiger partial charge in [0.15, 0.2) is 0 Å². The zero-order valence-electron chi connectivity index (χ0n) is 24.4. The Labute approximate surface area is 263 Å². The van der Waals surface area contributed by atoms with E-state index in [9.17, 15) is 45.5 Å². The third-order valence-corrected chi connectivity index (χ3v) is 9.07. The maximum atomic E-state index is 13.6. The second kappa shape index (κ2) is 10.7. The molecule has 2 heterocycles. The fourth-order valence-corrected chi connectivity index (χ4v) is 6.42. The van der Waals surface area contributed by atoms with Crippen molar-refractivity contribution in [3.05, 3.63) is 58.7 Å². The van der Waals surface area contributed by atoms with E-state index < -0.39 is 69.6 Å². The molecule has 4 fully saturated rings. The van der Waals surface area contributed by atoms with Gasteiger partial charge in [-0.15, -0.1) is 0 Å². The molecule has 2 aromatic rings. The first-order chi connectivity index (χ1) is 22.1. The Balaban J connectivity index is 1.10. The van der Waals surface area contributed by atoms with E-state index in [0.717, 1.165) is 31.7 Å². The minimum atomic E-state index is -4.85. The maximum Gasteiger partial charge on any atom is 0.417 e. The number of unbranched alkanes of at least 4 members (excludes halogenated alkanes) is 2. The summed E-state index contributed by atoms with van der Waals surface area (Å²) in [7, 11) is 0. The number of nitrogens with zero attached hydrogens (tertiary/aromatic N) is 6. The topological polar surface area (TPSA) is 129 Å². The average molecular weight is 659 g/mol. The Morgan fingerprint density at radius 3 is 1.28 bits per heavy atom. The average Bonchev–Trinajstić information content (AvgIpc) is 3.94. The summed E-state index contributed by atoms with van der Waals surface area (Å²) in [4.78, 5) is 57.1. The van der Waals surface area contributed by atoms with Gasteiger partial charge in [0.1, 0.15) is 11.1 Å². The highest BCUT2D eigenvalue weighted by Crippen LogP contribution is 2.52. The van der Waals surface area contributed by atoms with Crippen LogP contribution in [0.2, 0.25) is 0 Å². The Bertz CT molecular complexity index is 1670. The predicted molar refractivity (Wildman–Crippen MR) is 149 cm³/mol. The number of carbonyl (C=O) groups excluding carboxylic acids is 4. The third-order valence-electron chi connectivity index (χ3n) is 9.07. The number of benzene rings is 2. The number of halogens is 6. The van der Waals surface area contributed by atoms with Crippen molar-refractivity contribution in [1.82, 2.24) is 9.80 Å². The van der Waals surface area contributed by atoms with Gasteiger partial charge in [-0.3, -0.25) is 29.2 Å². The number of urea groups is 2. The van der Waals surface area contributed by atoms with E-state index in [1.165, 1.54) is 24.3 Å². The largest absolute Gasteiger partial charge is 0.417 e. The molecule has 47 heavy (non-hydrogen) atoms. The molecule has 244 valence electrons. The zero-order valence-corrected chi connectivity index (χ0v) is 24.4. The molecule has 2 aromatic carbocycles. The molecular formula is C31H24F6N6O4. The quantitative estimate of drug-likeness (QED) is 0.196. The molecule has 4 aliphatic rings. The van der Waals surface area contributed by atoms with Gasteiger partial charge in [-0.2, -0.15) is 36.9 Å². The van der Waals surface area contributed by atoms with Gasteiger partial charge in [0.05, 0.1) is 34.4 Å². The Morgan fingerprint density at radius 1 is 0.617 bits per heavy atom. The normalized spacial score (nSPS) is 19.7. The van der Waals surface area contributed by atoms with Gasteiger partial charge in [0.2, 0.25) is 0 Å². The second-order valence-corrected chi connectivity index (χ2v) is 12.0. The summed E-state index contributed by atoms with van der Waals surface area (Å²) in [6.07, 6.45) is -7.84. The van der Waals surface area contributed by atoms with E-state index in [4.69, 9.17) is 10.5 Å². The first-order valence-electron chi connectivity index (χ1n) is 14.7. The summed E-state index contributed by atoms with van der Waals surface area (Å²) in [5.41, 5.74) is -6.55. The number of hydrogen-bond donors (Lipinski definition) is 0. The molecule has 0 atom stereocenters. The Kier molecular flexibility index (Phi) is 7.26. The number of anilines is 2. The van der Waals surface area contributed by atoms with Crippen molar-refractivity contribution >= 4 is 35.3 Å². The first-order valence-corrected chi connectivity index (χ1v) is 14.7. The SMILES string of the molecule is N#Cc1ccc(N2C(=O)N(CCCCCN3C(=O)N(c4ccc(C#N)c(C(F)(F)F)c4)C4(CC4)C3=O)C(=O)C23CC3)cc1C(F)(F)F. The minimum absolute atomic E-state index is 0.0677. The van der Waals surface area contributed by atoms with Crippen molar-refractivity contribution in [2.24, 2.45) is 0 Å². The molecule has 2 aliphatic heterocycles. The highest BCUT2D eigenvalue weighted by molar-refractivity contribution is 6.19. The van der Waals surface area contributed by atoms with Gasteiger partial charge in [0.25, 0.3) is 11.8 Å². The van der Waals surface area contributed by atoms with Crippen LogP contribution >= 0.6 is 0 Å². The van der Waals surface area contributed by atoms with Gasteiger partial charge in [-0.05, 0) is 81.3 Å². The lowest BCUT2D eigenvalue weighted by Gasteiger charge is -2.23. The number of nitriles is 2. The van der Waals surface area contributed by atoms with Gasteiger partial charge in [-0.25, -0.2) is 9.59 Å². The van der Waals surface area contributed by atoms with Crippen LogP contribution in [0, 0.1) is 22.7 Å². The monoisotopic (exact) mass is 658 g/mol. The van der Waals surface area contributed by atoms with Crippen molar-refractivity contribution in [2.45, 2.75) is 68.4 Å². The molecule has 2 saturated heterocycles. The van der Waals surface area contributed by atoms with E-state index in [1.54, 1.807) is 0 Å². The summed E-state index contributed by atoms with van der Waals surface area (Å²) in [6, 6.07) is 7.07. The van der Waals surface area contributed by atoms with Crippen LogP contribution in [0.4, 0.5) is 47.3 Å². The van der Waals surface area contributed by atoms with Crippen molar-refractivity contribution < 1.29 is 45.5 Å². The second-order valence-electron chi connectivity index (χ2n) is 12.0. The number of carbonyl (C=O) groups is 4. The number of rotatable bonds is 8. The van der Waals surface area contributed by atoms with Gasteiger partial charge in [0, 0.05) is 24.5 Å². The highest BCUT2D eigenvalue weighted by atomic mass is 19.4. The van der Waals surface area contributed by atoms with E-state index in [1.807, 2.05) is 0 Å². The van der Waals surface area contributed by atoms with E-state index in [2.05, 4.69) is 0 Å². The summed E-state index contributed by atoms with van der Waals surface area (Å²) in [5, 5.41) is 18.2. The van der Waals surface area contributed by atoms with E-state index in [0.29, 0.717) is 18.6 Å². The molecule has 0 N–H and O–H groups in total. The van der Waals surface area contributed by atoms with Crippen LogP contribution in [0.1, 0.15) is 67.2 Å². The van der Waals surface area contributed by atoms with Crippen LogP contribution in [0.3, 0.4) is 0 Å². The van der Waals surface area contributed by atoms with Crippen molar-refractivity contribution in [2.75, 3.05) is 22.9 Å². The number of imide groups is 2. The molecule has 16 heteroatoms. The zero-order chi connectivity index (χ0) is 34.1.